The lowest BCUT2D eigenvalue weighted by atomic mass is 10.2. The molecule has 0 aliphatic carbocycles. The maximum atomic E-state index is 11.5. The Morgan fingerprint density at radius 3 is 2.88 bits per heavy atom. The third-order valence-electron chi connectivity index (χ3n) is 2.26. The summed E-state index contributed by atoms with van der Waals surface area (Å²) in [5.74, 6) is 0.474. The molecular formula is C12H16ClNO2S. The van der Waals surface area contributed by atoms with E-state index in [9.17, 15) is 4.79 Å². The first kappa shape index (κ1) is 14.4. The number of hydrogen-bond acceptors (Lipinski definition) is 4. The number of carbonyl (C=O) groups excluding carboxylic acids is 1. The molecule has 3 nitrogen and oxygen atoms in total. The van der Waals surface area contributed by atoms with Crippen molar-refractivity contribution < 1.29 is 9.53 Å². The molecule has 0 amide bonds. The van der Waals surface area contributed by atoms with Gasteiger partial charge in [-0.05, 0) is 24.5 Å². The van der Waals surface area contributed by atoms with E-state index in [0.717, 1.165) is 11.3 Å². The van der Waals surface area contributed by atoms with E-state index >= 15 is 0 Å². The van der Waals surface area contributed by atoms with Crippen molar-refractivity contribution in [3.05, 3.63) is 34.9 Å². The summed E-state index contributed by atoms with van der Waals surface area (Å²) in [6.07, 6.45) is 2.60. The van der Waals surface area contributed by atoms with Crippen molar-refractivity contribution in [3.63, 3.8) is 0 Å². The van der Waals surface area contributed by atoms with Crippen LogP contribution in [0.2, 0.25) is 5.02 Å². The fourth-order valence-electron chi connectivity index (χ4n) is 1.23. The van der Waals surface area contributed by atoms with Crippen molar-refractivity contribution in [3.8, 4) is 0 Å². The molecule has 2 N–H and O–H groups in total. The number of benzene rings is 1. The Hall–Kier alpha value is -0.710. The third kappa shape index (κ3) is 4.98. The van der Waals surface area contributed by atoms with Crippen molar-refractivity contribution in [2.24, 2.45) is 5.73 Å². The number of carbonyl (C=O) groups is 1. The lowest BCUT2D eigenvalue weighted by molar-refractivity contribution is -0.146. The van der Waals surface area contributed by atoms with Gasteiger partial charge in [-0.25, -0.2) is 0 Å². The number of nitrogens with two attached hydrogens (primary N) is 1. The molecule has 0 aliphatic heterocycles. The molecule has 1 rings (SSSR count). The largest absolute Gasteiger partial charge is 0.460 e. The molecule has 1 atom stereocenters. The van der Waals surface area contributed by atoms with Gasteiger partial charge in [0.15, 0.2) is 0 Å². The minimum Gasteiger partial charge on any atom is -0.460 e. The highest BCUT2D eigenvalue weighted by Crippen LogP contribution is 2.16. The van der Waals surface area contributed by atoms with Gasteiger partial charge < -0.3 is 10.5 Å². The summed E-state index contributed by atoms with van der Waals surface area (Å²) in [5, 5.41) is 0.595. The molecule has 0 fully saturated rings. The summed E-state index contributed by atoms with van der Waals surface area (Å²) in [6.45, 7) is 0.172. The van der Waals surface area contributed by atoms with Gasteiger partial charge >= 0.3 is 5.97 Å². The fourth-order valence-corrected chi connectivity index (χ4v) is 1.91. The van der Waals surface area contributed by atoms with Gasteiger partial charge in [-0.15, -0.1) is 0 Å². The van der Waals surface area contributed by atoms with E-state index in [-0.39, 0.29) is 12.6 Å². The highest BCUT2D eigenvalue weighted by Gasteiger charge is 2.14. The van der Waals surface area contributed by atoms with Gasteiger partial charge in [0.05, 0.1) is 0 Å². The Bertz CT molecular complexity index is 373. The molecule has 17 heavy (non-hydrogen) atoms. The summed E-state index contributed by atoms with van der Waals surface area (Å²) in [4.78, 5) is 11.5. The Morgan fingerprint density at radius 2 is 2.24 bits per heavy atom. The van der Waals surface area contributed by atoms with Crippen LogP contribution >= 0.6 is 23.4 Å². The van der Waals surface area contributed by atoms with Crippen LogP contribution in [0.5, 0.6) is 0 Å². The van der Waals surface area contributed by atoms with E-state index in [1.54, 1.807) is 17.8 Å². The van der Waals surface area contributed by atoms with Gasteiger partial charge in [-0.3, -0.25) is 4.79 Å². The van der Waals surface area contributed by atoms with Crippen molar-refractivity contribution >= 4 is 29.3 Å². The van der Waals surface area contributed by atoms with Crippen LogP contribution in [0.25, 0.3) is 0 Å². The SMILES string of the molecule is CSCCC(N)C(=O)OCc1ccccc1Cl. The van der Waals surface area contributed by atoms with E-state index in [1.807, 2.05) is 24.5 Å². The first-order valence-corrected chi connectivity index (χ1v) is 7.07. The molecule has 0 aliphatic rings. The van der Waals surface area contributed by atoms with Gasteiger partial charge in [-0.2, -0.15) is 11.8 Å². The number of ether oxygens (including phenoxy) is 1. The summed E-state index contributed by atoms with van der Waals surface area (Å²) < 4.78 is 5.11. The second-order valence-corrected chi connectivity index (χ2v) is 4.98. The van der Waals surface area contributed by atoms with Crippen LogP contribution < -0.4 is 5.73 Å². The standard InChI is InChI=1S/C12H16ClNO2S/c1-17-7-6-11(14)12(15)16-8-9-4-2-3-5-10(9)13/h2-5,11H,6-8,14H2,1H3. The normalized spacial score (nSPS) is 12.2. The summed E-state index contributed by atoms with van der Waals surface area (Å²) in [5.41, 5.74) is 6.48. The van der Waals surface area contributed by atoms with Crippen molar-refractivity contribution in [2.75, 3.05) is 12.0 Å². The number of halogens is 1. The second kappa shape index (κ2) is 7.58. The molecule has 1 unspecified atom stereocenters. The van der Waals surface area contributed by atoms with Gasteiger partial charge in [0.1, 0.15) is 12.6 Å². The third-order valence-corrected chi connectivity index (χ3v) is 3.28. The molecular weight excluding hydrogens is 258 g/mol. The van der Waals surface area contributed by atoms with Gasteiger partial charge in [0.25, 0.3) is 0 Å². The van der Waals surface area contributed by atoms with Crippen LogP contribution in [-0.4, -0.2) is 24.0 Å². The molecule has 0 aromatic heterocycles. The zero-order valence-electron chi connectivity index (χ0n) is 9.69. The number of esters is 1. The summed E-state index contributed by atoms with van der Waals surface area (Å²) in [6, 6.07) is 6.71. The lowest BCUT2D eigenvalue weighted by Gasteiger charge is -2.11. The first-order valence-electron chi connectivity index (χ1n) is 5.29. The van der Waals surface area contributed by atoms with Crippen LogP contribution in [0.4, 0.5) is 0 Å². The fraction of sp³-hybridized carbons (Fsp3) is 0.417. The monoisotopic (exact) mass is 273 g/mol. The van der Waals surface area contributed by atoms with Gasteiger partial charge in [0, 0.05) is 10.6 Å². The molecule has 94 valence electrons. The molecule has 1 aromatic rings. The Kier molecular flexibility index (Phi) is 6.40. The zero-order chi connectivity index (χ0) is 12.7. The van der Waals surface area contributed by atoms with Crippen LogP contribution in [0, 0.1) is 0 Å². The molecule has 0 saturated heterocycles. The van der Waals surface area contributed by atoms with E-state index < -0.39 is 6.04 Å². The average molecular weight is 274 g/mol. The predicted octanol–water partition coefficient (Wildman–Crippen LogP) is 2.46. The van der Waals surface area contributed by atoms with E-state index in [2.05, 4.69) is 0 Å². The minimum absolute atomic E-state index is 0.172. The van der Waals surface area contributed by atoms with Crippen molar-refractivity contribution in [1.29, 1.82) is 0 Å². The molecule has 5 heteroatoms. The Morgan fingerprint density at radius 1 is 1.53 bits per heavy atom. The number of thioether (sulfide) groups is 1. The summed E-state index contributed by atoms with van der Waals surface area (Å²) >= 11 is 7.60. The molecule has 0 heterocycles. The first-order chi connectivity index (χ1) is 8.15. The van der Waals surface area contributed by atoms with E-state index in [1.165, 1.54) is 0 Å². The smallest absolute Gasteiger partial charge is 0.323 e. The van der Waals surface area contributed by atoms with Gasteiger partial charge in [-0.1, -0.05) is 29.8 Å². The van der Waals surface area contributed by atoms with E-state index in [4.69, 9.17) is 22.1 Å². The van der Waals surface area contributed by atoms with Crippen molar-refractivity contribution in [1.82, 2.24) is 0 Å². The lowest BCUT2D eigenvalue weighted by Crippen LogP contribution is -2.32. The van der Waals surface area contributed by atoms with Crippen LogP contribution in [-0.2, 0) is 16.1 Å². The maximum Gasteiger partial charge on any atom is 0.323 e. The Labute approximate surface area is 111 Å². The molecule has 0 bridgehead atoms. The van der Waals surface area contributed by atoms with Crippen LogP contribution in [0.15, 0.2) is 24.3 Å². The van der Waals surface area contributed by atoms with Gasteiger partial charge in [0.2, 0.25) is 0 Å². The average Bonchev–Trinajstić information content (AvgIpc) is 2.34. The predicted molar refractivity (Wildman–Crippen MR) is 72.2 cm³/mol. The molecule has 0 radical (unpaired) electrons. The maximum absolute atomic E-state index is 11.5. The van der Waals surface area contributed by atoms with E-state index in [0.29, 0.717) is 11.4 Å². The van der Waals surface area contributed by atoms with Crippen molar-refractivity contribution in [2.45, 2.75) is 19.1 Å². The quantitative estimate of drug-likeness (QED) is 0.809. The molecule has 0 spiro atoms. The highest BCUT2D eigenvalue weighted by atomic mass is 35.5. The van der Waals surface area contributed by atoms with Crippen LogP contribution in [0.3, 0.4) is 0 Å². The summed E-state index contributed by atoms with van der Waals surface area (Å²) in [7, 11) is 0. The highest BCUT2D eigenvalue weighted by molar-refractivity contribution is 7.98. The topological polar surface area (TPSA) is 52.3 Å². The Balaban J connectivity index is 2.40. The minimum atomic E-state index is -0.551. The second-order valence-electron chi connectivity index (χ2n) is 3.59. The zero-order valence-corrected chi connectivity index (χ0v) is 11.3. The number of rotatable bonds is 6. The molecule has 1 aromatic carbocycles. The number of hydrogen-bond donors (Lipinski definition) is 1. The van der Waals surface area contributed by atoms with Crippen LogP contribution in [0.1, 0.15) is 12.0 Å². The molecule has 0 saturated carbocycles.